The van der Waals surface area contributed by atoms with Crippen molar-refractivity contribution in [3.05, 3.63) is 71.9 Å². The molecule has 0 atom stereocenters. The van der Waals surface area contributed by atoms with Crippen LogP contribution >= 0.6 is 0 Å². The number of sulfonamides is 1. The molecule has 1 amide bonds. The van der Waals surface area contributed by atoms with E-state index in [1.165, 1.54) is 19.4 Å². The maximum Gasteiger partial charge on any atom is 0.404 e. The first-order valence-electron chi connectivity index (χ1n) is 10.3. The molecule has 0 aliphatic heterocycles. The highest BCUT2D eigenvalue weighted by Gasteiger charge is 2.22. The van der Waals surface area contributed by atoms with Crippen molar-refractivity contribution < 1.29 is 31.8 Å². The molecule has 186 valence electrons. The number of anilines is 2. The molecule has 0 saturated heterocycles. The van der Waals surface area contributed by atoms with Gasteiger partial charge in [-0.15, -0.1) is 0 Å². The molecular formula is C23H19F2N5O5S. The number of carboxylic acid groups (broad SMARTS) is 1. The van der Waals surface area contributed by atoms with Crippen LogP contribution in [0.3, 0.4) is 0 Å². The van der Waals surface area contributed by atoms with Gasteiger partial charge in [-0.2, -0.15) is 0 Å². The normalized spacial score (nSPS) is 11.3. The van der Waals surface area contributed by atoms with Gasteiger partial charge in [0.05, 0.1) is 12.6 Å². The van der Waals surface area contributed by atoms with Crippen LogP contribution in [0.25, 0.3) is 22.0 Å². The Hall–Kier alpha value is -4.52. The van der Waals surface area contributed by atoms with Crippen LogP contribution < -0.4 is 20.5 Å². The van der Waals surface area contributed by atoms with Crippen molar-refractivity contribution in [3.8, 4) is 17.0 Å². The number of hydrogen-bond donors (Lipinski definition) is 4. The summed E-state index contributed by atoms with van der Waals surface area (Å²) in [5.41, 5.74) is 7.99. The Morgan fingerprint density at radius 1 is 1.11 bits per heavy atom. The van der Waals surface area contributed by atoms with Gasteiger partial charge in [0.15, 0.2) is 0 Å². The molecule has 0 bridgehead atoms. The third kappa shape index (κ3) is 5.10. The summed E-state index contributed by atoms with van der Waals surface area (Å²) in [7, 11) is -3.15. The quantitative estimate of drug-likeness (QED) is 0.290. The van der Waals surface area contributed by atoms with Gasteiger partial charge in [0.2, 0.25) is 5.88 Å². The number of amides is 1. The summed E-state index contributed by atoms with van der Waals surface area (Å²) in [5, 5.41) is 11.7. The van der Waals surface area contributed by atoms with Gasteiger partial charge in [-0.25, -0.2) is 32.0 Å². The molecule has 0 radical (unpaired) electrons. The van der Waals surface area contributed by atoms with Crippen molar-refractivity contribution in [1.82, 2.24) is 15.3 Å². The smallest absolute Gasteiger partial charge is 0.404 e. The number of nitrogens with two attached hydrogens (primary N) is 1. The lowest BCUT2D eigenvalue weighted by atomic mass is 10.0. The number of aromatic nitrogens is 2. The SMILES string of the molecule is COc1ncc(-c2ccc3nc(N)c(CNC(=O)O)cc3c2)cc1NS(=O)(=O)c1ccc(F)cc1F. The van der Waals surface area contributed by atoms with Crippen LogP contribution in [0.15, 0.2) is 59.6 Å². The van der Waals surface area contributed by atoms with Gasteiger partial charge in [-0.3, -0.25) is 4.72 Å². The molecule has 2 heterocycles. The fourth-order valence-corrected chi connectivity index (χ4v) is 4.57. The molecule has 0 spiro atoms. The van der Waals surface area contributed by atoms with E-state index in [0.29, 0.717) is 33.7 Å². The average molecular weight is 515 g/mol. The lowest BCUT2D eigenvalue weighted by Gasteiger charge is -2.14. The maximum atomic E-state index is 14.1. The van der Waals surface area contributed by atoms with E-state index in [2.05, 4.69) is 20.0 Å². The fraction of sp³-hybridized carbons (Fsp3) is 0.0870. The van der Waals surface area contributed by atoms with Crippen LogP contribution in [-0.4, -0.2) is 36.7 Å². The van der Waals surface area contributed by atoms with E-state index in [0.717, 1.165) is 12.1 Å². The van der Waals surface area contributed by atoms with E-state index in [9.17, 15) is 22.0 Å². The molecule has 13 heteroatoms. The number of halogens is 2. The van der Waals surface area contributed by atoms with Gasteiger partial charge in [0.1, 0.15) is 28.0 Å². The molecule has 5 N–H and O–H groups in total. The first kappa shape index (κ1) is 24.6. The number of methoxy groups -OCH3 is 1. The summed E-state index contributed by atoms with van der Waals surface area (Å²) in [6.07, 6.45) is 0.247. The standard InChI is InChI=1S/C23H19F2N5O5S/c1-35-22-19(30-36(33,34)20-5-3-16(24)9-17(20)25)8-14(10-27-22)12-2-4-18-13(6-12)7-15(21(26)29-18)11-28-23(31)32/h2-10,28,30H,11H2,1H3,(H2,26,29)(H,31,32). The number of nitrogens with zero attached hydrogens (tertiary/aromatic N) is 2. The number of hydrogen-bond acceptors (Lipinski definition) is 7. The number of carbonyl (C=O) groups is 1. The topological polar surface area (TPSA) is 157 Å². The lowest BCUT2D eigenvalue weighted by molar-refractivity contribution is 0.194. The largest absolute Gasteiger partial charge is 0.480 e. The van der Waals surface area contributed by atoms with E-state index in [1.54, 1.807) is 24.3 Å². The van der Waals surface area contributed by atoms with Gasteiger partial charge in [-0.05, 0) is 42.0 Å². The fourth-order valence-electron chi connectivity index (χ4n) is 3.47. The first-order valence-corrected chi connectivity index (χ1v) is 11.7. The van der Waals surface area contributed by atoms with Gasteiger partial charge in [0, 0.05) is 35.3 Å². The summed E-state index contributed by atoms with van der Waals surface area (Å²) >= 11 is 0. The Morgan fingerprint density at radius 2 is 1.89 bits per heavy atom. The van der Waals surface area contributed by atoms with Crippen molar-refractivity contribution in [3.63, 3.8) is 0 Å². The number of nitrogens with one attached hydrogen (secondary N) is 2. The lowest BCUT2D eigenvalue weighted by Crippen LogP contribution is -2.20. The Bertz CT molecular complexity index is 1600. The third-order valence-electron chi connectivity index (χ3n) is 5.16. The Morgan fingerprint density at radius 3 is 2.58 bits per heavy atom. The minimum absolute atomic E-state index is 0.0374. The van der Waals surface area contributed by atoms with Crippen molar-refractivity contribution in [1.29, 1.82) is 0 Å². The predicted molar refractivity (Wildman–Crippen MR) is 128 cm³/mol. The monoisotopic (exact) mass is 515 g/mol. The molecule has 36 heavy (non-hydrogen) atoms. The molecule has 0 saturated carbocycles. The van der Waals surface area contributed by atoms with E-state index in [-0.39, 0.29) is 23.9 Å². The molecule has 4 aromatic rings. The van der Waals surface area contributed by atoms with Crippen molar-refractivity contribution >= 4 is 38.5 Å². The molecule has 0 aliphatic carbocycles. The molecule has 0 unspecified atom stereocenters. The minimum Gasteiger partial charge on any atom is -0.480 e. The Labute approximate surface area is 203 Å². The number of pyridine rings is 2. The Kier molecular flexibility index (Phi) is 6.57. The number of fused-ring (bicyclic) bond motifs is 1. The summed E-state index contributed by atoms with van der Waals surface area (Å²) in [5.74, 6) is -2.05. The third-order valence-corrected chi connectivity index (χ3v) is 6.56. The van der Waals surface area contributed by atoms with E-state index >= 15 is 0 Å². The zero-order valence-electron chi connectivity index (χ0n) is 18.6. The highest BCUT2D eigenvalue weighted by Crippen LogP contribution is 2.32. The summed E-state index contributed by atoms with van der Waals surface area (Å²) in [6, 6.07) is 10.4. The summed E-state index contributed by atoms with van der Waals surface area (Å²) in [4.78, 5) is 18.5. The van der Waals surface area contributed by atoms with Crippen LogP contribution in [0.5, 0.6) is 5.88 Å². The van der Waals surface area contributed by atoms with Crippen molar-refractivity contribution in [2.75, 3.05) is 17.6 Å². The minimum atomic E-state index is -4.44. The number of benzene rings is 2. The van der Waals surface area contributed by atoms with Gasteiger partial charge in [-0.1, -0.05) is 6.07 Å². The van der Waals surface area contributed by atoms with Crippen molar-refractivity contribution in [2.24, 2.45) is 0 Å². The summed E-state index contributed by atoms with van der Waals surface area (Å²) < 4.78 is 60.3. The molecule has 0 fully saturated rings. The summed E-state index contributed by atoms with van der Waals surface area (Å²) in [6.45, 7) is -0.0374. The zero-order valence-corrected chi connectivity index (χ0v) is 19.4. The van der Waals surface area contributed by atoms with Crippen molar-refractivity contribution in [2.45, 2.75) is 11.4 Å². The molecule has 4 rings (SSSR count). The maximum absolute atomic E-state index is 14.1. The molecular weight excluding hydrogens is 496 g/mol. The van der Waals surface area contributed by atoms with Crippen LogP contribution in [0, 0.1) is 11.6 Å². The Balaban J connectivity index is 1.72. The highest BCUT2D eigenvalue weighted by atomic mass is 32.2. The average Bonchev–Trinajstić information content (AvgIpc) is 2.81. The number of ether oxygens (including phenoxy) is 1. The second-order valence-electron chi connectivity index (χ2n) is 7.56. The predicted octanol–water partition coefficient (Wildman–Crippen LogP) is 3.73. The van der Waals surface area contributed by atoms with Crippen LogP contribution in [0.2, 0.25) is 0 Å². The van der Waals surface area contributed by atoms with E-state index < -0.39 is 32.6 Å². The highest BCUT2D eigenvalue weighted by molar-refractivity contribution is 7.92. The van der Waals surface area contributed by atoms with Crippen LogP contribution in [0.4, 0.5) is 25.1 Å². The second-order valence-corrected chi connectivity index (χ2v) is 9.21. The second kappa shape index (κ2) is 9.62. The number of nitrogen functional groups attached to an aromatic ring is 1. The molecule has 0 aliphatic rings. The molecule has 10 nitrogen and oxygen atoms in total. The van der Waals surface area contributed by atoms with Crippen LogP contribution in [-0.2, 0) is 16.6 Å². The molecule has 2 aromatic heterocycles. The van der Waals surface area contributed by atoms with Gasteiger partial charge in [0.25, 0.3) is 10.0 Å². The van der Waals surface area contributed by atoms with E-state index in [1.807, 2.05) is 0 Å². The zero-order chi connectivity index (χ0) is 26.0. The van der Waals surface area contributed by atoms with Crippen LogP contribution in [0.1, 0.15) is 5.56 Å². The number of rotatable bonds is 7. The molecule has 2 aromatic carbocycles. The first-order chi connectivity index (χ1) is 17.1. The van der Waals surface area contributed by atoms with Gasteiger partial charge >= 0.3 is 6.09 Å². The van der Waals surface area contributed by atoms with Gasteiger partial charge < -0.3 is 20.9 Å². The van der Waals surface area contributed by atoms with E-state index in [4.69, 9.17) is 15.6 Å².